The number of aryl methyl sites for hydroxylation is 1. The molecule has 3 rings (SSSR count). The number of carbonyl (C=O) groups is 1. The number of alkyl halides is 3. The smallest absolute Gasteiger partial charge is 0.369 e. The van der Waals surface area contributed by atoms with Crippen LogP contribution in [0.3, 0.4) is 0 Å². The van der Waals surface area contributed by atoms with Crippen molar-refractivity contribution in [1.82, 2.24) is 9.97 Å². The molecule has 3 aromatic rings. The number of ketones is 1. The molecule has 0 radical (unpaired) electrons. The molecule has 0 unspecified atom stereocenters. The van der Waals surface area contributed by atoms with Gasteiger partial charge < -0.3 is 11.1 Å². The van der Waals surface area contributed by atoms with Gasteiger partial charge in [-0.2, -0.15) is 13.2 Å². The first-order valence-electron chi connectivity index (χ1n) is 10.3. The van der Waals surface area contributed by atoms with E-state index in [1.54, 1.807) is 6.92 Å². The van der Waals surface area contributed by atoms with E-state index in [2.05, 4.69) is 15.3 Å². The monoisotopic (exact) mass is 450 g/mol. The molecule has 8 heteroatoms. The van der Waals surface area contributed by atoms with E-state index in [1.165, 1.54) is 24.4 Å². The lowest BCUT2D eigenvalue weighted by Gasteiger charge is -2.32. The lowest BCUT2D eigenvalue weighted by atomic mass is 9.78. The van der Waals surface area contributed by atoms with Crippen LogP contribution in [0.15, 0.2) is 60.8 Å². The maximum atomic E-state index is 13.6. The quantitative estimate of drug-likeness (QED) is 0.428. The zero-order chi connectivity index (χ0) is 23.4. The van der Waals surface area contributed by atoms with Crippen LogP contribution in [-0.4, -0.2) is 28.8 Å². The molecule has 0 aliphatic carbocycles. The predicted octanol–water partition coefficient (Wildman–Crippen LogP) is 5.74. The molecule has 0 spiro atoms. The van der Waals surface area contributed by atoms with Gasteiger partial charge >= 0.3 is 6.18 Å². The molecule has 1 atom stereocenters. The van der Waals surface area contributed by atoms with Gasteiger partial charge in [-0.15, -0.1) is 0 Å². The fourth-order valence-electron chi connectivity index (χ4n) is 3.63. The summed E-state index contributed by atoms with van der Waals surface area (Å²) in [4.78, 5) is 21.0. The van der Waals surface area contributed by atoms with Crippen molar-refractivity contribution in [1.29, 1.82) is 0 Å². The molecule has 2 heterocycles. The first-order valence-corrected chi connectivity index (χ1v) is 10.3. The highest BCUT2D eigenvalue weighted by Gasteiger charge is 2.37. The minimum Gasteiger partial charge on any atom is -0.369 e. The number of rotatable bonds is 8. The molecule has 2 aromatic heterocycles. The van der Waals surface area contributed by atoms with Gasteiger partial charge in [0, 0.05) is 41.7 Å². The van der Waals surface area contributed by atoms with Crippen molar-refractivity contribution in [2.45, 2.75) is 31.9 Å². The van der Waals surface area contributed by atoms with E-state index in [0.29, 0.717) is 25.2 Å². The second-order valence-electron chi connectivity index (χ2n) is 7.61. The lowest BCUT2D eigenvalue weighted by molar-refractivity contribution is -0.138. The number of nitrogens with one attached hydrogen (secondary N) is 1. The van der Waals surface area contributed by atoms with Crippen LogP contribution in [0.4, 0.5) is 19.0 Å². The Balaban J connectivity index is 0. The molecule has 0 fully saturated rings. The van der Waals surface area contributed by atoms with Gasteiger partial charge in [-0.3, -0.25) is 9.78 Å². The summed E-state index contributed by atoms with van der Waals surface area (Å²) in [6.45, 7) is 4.25. The van der Waals surface area contributed by atoms with Gasteiger partial charge in [0.2, 0.25) is 5.78 Å². The predicted molar refractivity (Wildman–Crippen MR) is 126 cm³/mol. The van der Waals surface area contributed by atoms with Gasteiger partial charge in [0.15, 0.2) is 0 Å². The van der Waals surface area contributed by atoms with Gasteiger partial charge in [-0.25, -0.2) is 4.98 Å². The average Bonchev–Trinajstić information content (AvgIpc) is 2.80. The molecule has 0 bridgehead atoms. The first kappa shape index (κ1) is 23.4. The van der Waals surface area contributed by atoms with E-state index in [1.807, 2.05) is 37.3 Å². The van der Waals surface area contributed by atoms with E-state index in [4.69, 9.17) is 5.73 Å². The van der Waals surface area contributed by atoms with Crippen molar-refractivity contribution in [3.8, 4) is 0 Å². The van der Waals surface area contributed by atoms with Gasteiger partial charge in [0.05, 0.1) is 5.56 Å². The minimum atomic E-state index is -4.72. The van der Waals surface area contributed by atoms with Crippen molar-refractivity contribution in [2.24, 2.45) is 5.73 Å². The highest BCUT2D eigenvalue weighted by atomic mass is 19.4. The van der Waals surface area contributed by atoms with Crippen LogP contribution in [0.25, 0.3) is 0 Å². The molecule has 3 N–H and O–H groups in total. The number of nitrogens with two attached hydrogens (primary N) is 1. The minimum absolute atomic E-state index is 0. The molecule has 0 aliphatic rings. The summed E-state index contributed by atoms with van der Waals surface area (Å²) in [5.74, 6) is -0.652. The number of hydrogen-bond acceptors (Lipinski definition) is 5. The Bertz CT molecular complexity index is 1100. The van der Waals surface area contributed by atoms with Crippen molar-refractivity contribution < 1.29 is 23.7 Å². The fraction of sp³-hybridized carbons (Fsp3) is 0.292. The number of benzene rings is 1. The van der Waals surface area contributed by atoms with Gasteiger partial charge in [-0.05, 0) is 43.2 Å². The summed E-state index contributed by atoms with van der Waals surface area (Å²) in [7, 11) is 0. The maximum Gasteiger partial charge on any atom is 0.418 e. The summed E-state index contributed by atoms with van der Waals surface area (Å²) in [5.41, 5.74) is 5.36. The van der Waals surface area contributed by atoms with Crippen LogP contribution < -0.4 is 11.1 Å². The lowest BCUT2D eigenvalue weighted by Crippen LogP contribution is -2.41. The van der Waals surface area contributed by atoms with Gasteiger partial charge in [0.25, 0.3) is 0 Å². The third-order valence-corrected chi connectivity index (χ3v) is 5.73. The highest BCUT2D eigenvalue weighted by Crippen LogP contribution is 2.34. The topological polar surface area (TPSA) is 80.9 Å². The Labute approximate surface area is 190 Å². The number of anilines is 1. The van der Waals surface area contributed by atoms with Crippen molar-refractivity contribution >= 4 is 11.6 Å². The Morgan fingerprint density at radius 2 is 1.81 bits per heavy atom. The Morgan fingerprint density at radius 3 is 2.41 bits per heavy atom. The number of halogens is 3. The molecule has 0 saturated heterocycles. The van der Waals surface area contributed by atoms with Gasteiger partial charge in [0.1, 0.15) is 11.5 Å². The summed E-state index contributed by atoms with van der Waals surface area (Å²) in [6.07, 6.45) is -2.54. The van der Waals surface area contributed by atoms with E-state index in [-0.39, 0.29) is 17.1 Å². The van der Waals surface area contributed by atoms with Crippen LogP contribution in [-0.2, 0) is 11.6 Å². The summed E-state index contributed by atoms with van der Waals surface area (Å²) >= 11 is 0. The molecule has 1 aromatic carbocycles. The van der Waals surface area contributed by atoms with E-state index >= 15 is 0 Å². The Hall–Kier alpha value is -3.26. The second-order valence-corrected chi connectivity index (χ2v) is 7.61. The SMILES string of the molecule is CC[C@@](CN)(CNc1ccc(C(F)(F)F)c(C(=O)c2cccnc2C)n1)c1ccccc1.[HH].[HH].[HH].[HH]. The largest absolute Gasteiger partial charge is 0.418 e. The third-order valence-electron chi connectivity index (χ3n) is 5.73. The number of pyridine rings is 2. The van der Waals surface area contributed by atoms with Crippen molar-refractivity contribution in [3.05, 3.63) is 88.9 Å². The van der Waals surface area contributed by atoms with Crippen LogP contribution in [0, 0.1) is 6.92 Å². The summed E-state index contributed by atoms with van der Waals surface area (Å²) < 4.78 is 40.9. The second kappa shape index (κ2) is 9.48. The van der Waals surface area contributed by atoms with E-state index in [0.717, 1.165) is 11.6 Å². The normalized spacial score (nSPS) is 13.4. The van der Waals surface area contributed by atoms with Crippen molar-refractivity contribution in [3.63, 3.8) is 0 Å². The zero-order valence-corrected chi connectivity index (χ0v) is 17.9. The average molecular weight is 451 g/mol. The number of aromatic nitrogens is 2. The Kier molecular flexibility index (Phi) is 6.93. The van der Waals surface area contributed by atoms with Crippen LogP contribution in [0.1, 0.15) is 51.9 Å². The standard InChI is InChI=1S/C24H25F3N4O.4H2/c1-3-23(14-28,17-8-5-4-6-9-17)15-30-20-12-11-19(24(25,26)27)21(31-20)22(32)18-10-7-13-29-16(18)2;;;;/h4-13H,3,14-15,28H2,1-2H3,(H,30,31);4*1H/t23-;;;;/m1..../s1. The number of hydrogen-bond donors (Lipinski definition) is 2. The zero-order valence-electron chi connectivity index (χ0n) is 17.9. The molecule has 5 nitrogen and oxygen atoms in total. The molecule has 176 valence electrons. The number of carbonyl (C=O) groups excluding carboxylic acids is 1. The van der Waals surface area contributed by atoms with E-state index < -0.39 is 28.6 Å². The van der Waals surface area contributed by atoms with Crippen LogP contribution in [0.2, 0.25) is 0 Å². The molecule has 0 aliphatic heterocycles. The maximum absolute atomic E-state index is 13.6. The first-order chi connectivity index (χ1) is 15.2. The molecule has 0 amide bonds. The molecular formula is C24H33F3N4O. The van der Waals surface area contributed by atoms with Gasteiger partial charge in [-0.1, -0.05) is 37.3 Å². The molecule has 32 heavy (non-hydrogen) atoms. The summed E-state index contributed by atoms with van der Waals surface area (Å²) in [6, 6.07) is 14.7. The number of nitrogens with zero attached hydrogens (tertiary/aromatic N) is 2. The van der Waals surface area contributed by atoms with Crippen molar-refractivity contribution in [2.75, 3.05) is 18.4 Å². The third kappa shape index (κ3) is 4.80. The summed E-state index contributed by atoms with van der Waals surface area (Å²) in [5, 5.41) is 3.10. The van der Waals surface area contributed by atoms with Crippen LogP contribution in [0.5, 0.6) is 0 Å². The Morgan fingerprint density at radius 1 is 1.09 bits per heavy atom. The highest BCUT2D eigenvalue weighted by molar-refractivity contribution is 6.09. The van der Waals surface area contributed by atoms with Crippen LogP contribution >= 0.6 is 0 Å². The van der Waals surface area contributed by atoms with E-state index in [9.17, 15) is 18.0 Å². The molecule has 0 saturated carbocycles. The fourth-order valence-corrected chi connectivity index (χ4v) is 3.63. The molecular weight excluding hydrogens is 417 g/mol.